The summed E-state index contributed by atoms with van der Waals surface area (Å²) in [4.78, 5) is 11.9. The zero-order chi connectivity index (χ0) is 12.8. The van der Waals surface area contributed by atoms with E-state index in [-0.39, 0.29) is 23.9 Å². The molecule has 0 N–H and O–H groups in total. The number of hydrogen-bond acceptors (Lipinski definition) is 2. The van der Waals surface area contributed by atoms with Gasteiger partial charge in [-0.05, 0) is 37.5 Å². The molecule has 0 amide bonds. The van der Waals surface area contributed by atoms with Crippen molar-refractivity contribution in [1.82, 2.24) is 0 Å². The van der Waals surface area contributed by atoms with Crippen LogP contribution >= 0.6 is 0 Å². The first kappa shape index (κ1) is 14.0. The van der Waals surface area contributed by atoms with E-state index in [4.69, 9.17) is 4.74 Å². The Bertz CT molecular complexity index is 287. The highest BCUT2D eigenvalue weighted by Crippen LogP contribution is 2.24. The lowest BCUT2D eigenvalue weighted by Crippen LogP contribution is -2.24. The molecule has 1 saturated carbocycles. The van der Waals surface area contributed by atoms with Crippen LogP contribution in [-0.2, 0) is 9.53 Å². The Morgan fingerprint density at radius 3 is 2.41 bits per heavy atom. The molecule has 96 valence electrons. The van der Waals surface area contributed by atoms with E-state index in [0.29, 0.717) is 5.57 Å². The Labute approximate surface area is 105 Å². The summed E-state index contributed by atoms with van der Waals surface area (Å²) in [5, 5.41) is 0. The third kappa shape index (κ3) is 4.03. The summed E-state index contributed by atoms with van der Waals surface area (Å²) in [5.74, 6) is 0.128. The maximum Gasteiger partial charge on any atom is 0.333 e. The molecule has 2 atom stereocenters. The number of rotatable bonds is 5. The summed E-state index contributed by atoms with van der Waals surface area (Å²) in [5.41, 5.74) is 0.572. The molecule has 1 aliphatic rings. The molecule has 0 spiro atoms. The van der Waals surface area contributed by atoms with Crippen molar-refractivity contribution in [3.05, 3.63) is 24.8 Å². The highest BCUT2D eigenvalue weighted by molar-refractivity contribution is 5.88. The van der Waals surface area contributed by atoms with Crippen molar-refractivity contribution in [2.45, 2.75) is 52.1 Å². The summed E-state index contributed by atoms with van der Waals surface area (Å²) < 4.78 is 5.50. The van der Waals surface area contributed by atoms with Gasteiger partial charge < -0.3 is 4.74 Å². The number of hydrogen-bond donors (Lipinski definition) is 0. The van der Waals surface area contributed by atoms with Crippen LogP contribution in [0.5, 0.6) is 0 Å². The van der Waals surface area contributed by atoms with E-state index in [1.807, 2.05) is 19.9 Å². The number of carbonyl (C=O) groups excluding carboxylic acids is 1. The van der Waals surface area contributed by atoms with Crippen LogP contribution in [0.3, 0.4) is 0 Å². The Morgan fingerprint density at radius 1 is 1.29 bits per heavy atom. The van der Waals surface area contributed by atoms with Gasteiger partial charge in [-0.2, -0.15) is 0 Å². The number of allylic oxidation sites excluding steroid dienone is 1. The quantitative estimate of drug-likeness (QED) is 0.411. The molecule has 0 aliphatic heterocycles. The minimum absolute atomic E-state index is 0.101. The first-order valence-corrected chi connectivity index (χ1v) is 6.58. The Morgan fingerprint density at radius 2 is 1.88 bits per heavy atom. The molecule has 17 heavy (non-hydrogen) atoms. The van der Waals surface area contributed by atoms with Crippen molar-refractivity contribution in [3.63, 3.8) is 0 Å². The second kappa shape index (κ2) is 6.63. The lowest BCUT2D eigenvalue weighted by atomic mass is 9.89. The van der Waals surface area contributed by atoms with E-state index in [2.05, 4.69) is 13.2 Å². The van der Waals surface area contributed by atoms with E-state index in [1.165, 1.54) is 19.3 Å². The molecule has 0 bridgehead atoms. The highest BCUT2D eigenvalue weighted by atomic mass is 16.5. The van der Waals surface area contributed by atoms with Crippen LogP contribution in [0.25, 0.3) is 0 Å². The van der Waals surface area contributed by atoms with Crippen molar-refractivity contribution in [1.29, 1.82) is 0 Å². The third-order valence-electron chi connectivity index (χ3n) is 3.80. The normalized spacial score (nSPS) is 20.4. The van der Waals surface area contributed by atoms with Gasteiger partial charge in [0.1, 0.15) is 6.10 Å². The van der Waals surface area contributed by atoms with Gasteiger partial charge in [0.15, 0.2) is 0 Å². The largest absolute Gasteiger partial charge is 0.459 e. The molecule has 0 saturated heterocycles. The van der Waals surface area contributed by atoms with E-state index in [1.54, 1.807) is 0 Å². The van der Waals surface area contributed by atoms with Gasteiger partial charge in [-0.25, -0.2) is 4.79 Å². The van der Waals surface area contributed by atoms with Crippen molar-refractivity contribution in [3.8, 4) is 0 Å². The van der Waals surface area contributed by atoms with Crippen LogP contribution in [-0.4, -0.2) is 12.1 Å². The number of carbonyl (C=O) groups is 1. The van der Waals surface area contributed by atoms with Crippen LogP contribution in [0.15, 0.2) is 24.8 Å². The Kier molecular flexibility index (Phi) is 5.46. The Hall–Kier alpha value is -1.05. The third-order valence-corrected chi connectivity index (χ3v) is 3.80. The first-order valence-electron chi connectivity index (χ1n) is 6.58. The molecule has 0 radical (unpaired) electrons. The predicted molar refractivity (Wildman–Crippen MR) is 70.6 cm³/mol. The Balaban J connectivity index is 2.45. The topological polar surface area (TPSA) is 26.3 Å². The van der Waals surface area contributed by atoms with Crippen LogP contribution in [0.2, 0.25) is 0 Å². The van der Waals surface area contributed by atoms with Gasteiger partial charge in [0.2, 0.25) is 0 Å². The maximum absolute atomic E-state index is 11.9. The van der Waals surface area contributed by atoms with Crippen LogP contribution in [0.1, 0.15) is 46.0 Å². The van der Waals surface area contributed by atoms with Gasteiger partial charge in [-0.3, -0.25) is 0 Å². The fourth-order valence-electron chi connectivity index (χ4n) is 2.12. The van der Waals surface area contributed by atoms with Gasteiger partial charge in [0, 0.05) is 5.57 Å². The van der Waals surface area contributed by atoms with Gasteiger partial charge >= 0.3 is 5.97 Å². The average molecular weight is 236 g/mol. The molecule has 2 heteroatoms. The van der Waals surface area contributed by atoms with Crippen molar-refractivity contribution >= 4 is 5.97 Å². The molecule has 2 unspecified atom stereocenters. The molecular formula is C15H24O2. The minimum atomic E-state index is -0.224. The van der Waals surface area contributed by atoms with Gasteiger partial charge in [0.05, 0.1) is 0 Å². The fourth-order valence-corrected chi connectivity index (χ4v) is 2.12. The minimum Gasteiger partial charge on any atom is -0.459 e. The molecule has 0 aromatic heterocycles. The zero-order valence-electron chi connectivity index (χ0n) is 11.1. The molecule has 0 aromatic carbocycles. The summed E-state index contributed by atoms with van der Waals surface area (Å²) in [6.07, 6.45) is 7.57. The summed E-state index contributed by atoms with van der Waals surface area (Å²) in [7, 11) is 0. The van der Waals surface area contributed by atoms with E-state index in [9.17, 15) is 4.79 Å². The summed E-state index contributed by atoms with van der Waals surface area (Å²) in [6.45, 7) is 11.6. The molecule has 1 rings (SSSR count). The van der Waals surface area contributed by atoms with Gasteiger partial charge in [-0.1, -0.05) is 32.9 Å². The van der Waals surface area contributed by atoms with Crippen molar-refractivity contribution in [2.24, 2.45) is 11.8 Å². The van der Waals surface area contributed by atoms with Gasteiger partial charge in [0.25, 0.3) is 0 Å². The molecule has 1 aliphatic carbocycles. The van der Waals surface area contributed by atoms with Crippen molar-refractivity contribution in [2.75, 3.05) is 0 Å². The lowest BCUT2D eigenvalue weighted by Gasteiger charge is -2.24. The fraction of sp³-hybridized carbons (Fsp3) is 0.667. The highest BCUT2D eigenvalue weighted by Gasteiger charge is 2.23. The molecule has 2 nitrogen and oxygen atoms in total. The summed E-state index contributed by atoms with van der Waals surface area (Å²) in [6, 6.07) is 0. The summed E-state index contributed by atoms with van der Waals surface area (Å²) >= 11 is 0. The monoisotopic (exact) mass is 236 g/mol. The maximum atomic E-state index is 11.9. The van der Waals surface area contributed by atoms with Crippen LogP contribution in [0.4, 0.5) is 0 Å². The zero-order valence-corrected chi connectivity index (χ0v) is 11.1. The van der Waals surface area contributed by atoms with Crippen LogP contribution < -0.4 is 0 Å². The second-order valence-electron chi connectivity index (χ2n) is 5.07. The average Bonchev–Trinajstić information content (AvgIpc) is 2.37. The molecular weight excluding hydrogens is 212 g/mol. The number of ether oxygens (including phenoxy) is 1. The SMILES string of the molecule is C=CC(C)C(C)C(=C)C(=O)OC1CCCCC1. The molecule has 0 heterocycles. The first-order chi connectivity index (χ1) is 8.06. The van der Waals surface area contributed by atoms with Crippen molar-refractivity contribution < 1.29 is 9.53 Å². The molecule has 1 fully saturated rings. The van der Waals surface area contributed by atoms with Crippen LogP contribution in [0, 0.1) is 11.8 Å². The smallest absolute Gasteiger partial charge is 0.333 e. The predicted octanol–water partition coefficient (Wildman–Crippen LogP) is 3.88. The molecule has 0 aromatic rings. The van der Waals surface area contributed by atoms with Gasteiger partial charge in [-0.15, -0.1) is 6.58 Å². The van der Waals surface area contributed by atoms with E-state index >= 15 is 0 Å². The van der Waals surface area contributed by atoms with E-state index in [0.717, 1.165) is 12.8 Å². The second-order valence-corrected chi connectivity index (χ2v) is 5.07. The standard InChI is InChI=1S/C15H24O2/c1-5-11(2)12(3)13(4)15(16)17-14-9-7-6-8-10-14/h5,11-12,14H,1,4,6-10H2,2-3H3. The number of esters is 1. The lowest BCUT2D eigenvalue weighted by molar-refractivity contribution is -0.146. The van der Waals surface area contributed by atoms with E-state index < -0.39 is 0 Å².